The van der Waals surface area contributed by atoms with Gasteiger partial charge in [-0.05, 0) is 0 Å². The molecular formula is CH14KN4O11PS5. The molecular weight excluding hydrogens is 474 g/mol. The van der Waals surface area contributed by atoms with Gasteiger partial charge >= 0.3 is 74.4 Å². The summed E-state index contributed by atoms with van der Waals surface area (Å²) < 4.78 is 66.2. The van der Waals surface area contributed by atoms with E-state index in [9.17, 15) is 21.4 Å². The molecule has 0 spiro atoms. The summed E-state index contributed by atoms with van der Waals surface area (Å²) in [5.74, 6) is 0. The van der Waals surface area contributed by atoms with Gasteiger partial charge in [-0.2, -0.15) is 8.42 Å². The monoisotopic (exact) mass is 488 g/mol. The molecule has 2 amide bonds. The summed E-state index contributed by atoms with van der Waals surface area (Å²) in [6.45, 7) is 0. The van der Waals surface area contributed by atoms with E-state index in [1.165, 1.54) is 0 Å². The van der Waals surface area contributed by atoms with E-state index < -0.39 is 32.2 Å². The smallest absolute Gasteiger partial charge is 0.739 e. The first-order valence-corrected chi connectivity index (χ1v) is 12.2. The Morgan fingerprint density at radius 3 is 1.35 bits per heavy atom. The Morgan fingerprint density at radius 2 is 1.22 bits per heavy atom. The number of hydrogen-bond acceptors (Lipinski definition) is 12. The molecule has 0 aliphatic carbocycles. The van der Waals surface area contributed by atoms with Crippen molar-refractivity contribution in [1.82, 2.24) is 12.3 Å². The van der Waals surface area contributed by atoms with Gasteiger partial charge in [0, 0.05) is 19.7 Å². The Bertz CT molecular complexity index is 484. The minimum atomic E-state index is -4.64. The van der Waals surface area contributed by atoms with Crippen LogP contribution in [0.4, 0.5) is 4.79 Å². The normalized spacial score (nSPS) is 9.96. The molecule has 14 N–H and O–H groups in total. The van der Waals surface area contributed by atoms with Crippen LogP contribution in [0, 0.1) is 0 Å². The van der Waals surface area contributed by atoms with Crippen LogP contribution in [0.25, 0.3) is 0 Å². The second kappa shape index (κ2) is 18.6. The van der Waals surface area contributed by atoms with E-state index in [0.717, 1.165) is 0 Å². The molecule has 0 heterocycles. The Balaban J connectivity index is -0.0000000516. The molecule has 22 heteroatoms. The summed E-state index contributed by atoms with van der Waals surface area (Å²) in [6, 6.07) is -0.833. The zero-order chi connectivity index (χ0) is 17.2. The Labute approximate surface area is 184 Å². The number of rotatable bonds is 4. The number of phosphoric acid groups is 1. The molecule has 0 atom stereocenters. The summed E-state index contributed by atoms with van der Waals surface area (Å²) in [5.41, 5.74) is 8.50. The molecule has 23 heavy (non-hydrogen) atoms. The van der Waals surface area contributed by atoms with Crippen molar-refractivity contribution >= 4 is 61.6 Å². The summed E-state index contributed by atoms with van der Waals surface area (Å²) in [4.78, 5) is 30.6. The Hall–Kier alpha value is 1.81. The third kappa shape index (κ3) is 118. The van der Waals surface area contributed by atoms with Gasteiger partial charge in [0.25, 0.3) is 0 Å². The first-order chi connectivity index (χ1) is 8.44. The molecule has 0 aliphatic heterocycles. The van der Waals surface area contributed by atoms with Gasteiger partial charge < -0.3 is 43.0 Å². The fourth-order valence-electron chi connectivity index (χ4n) is 0.0805. The standard InChI is InChI=1S/CH4N2O.K.2H3N.H2O6S5.H3O4P/c2-1(3)4;;;;1-10(2,3)8-7-9-11(4,5)6;1-5(2,3)4/h(H4,2,3,4);;2*1H3;(H,1,2,3)(H,4,5,6);(H3,1,2,3,4)/q;+1;;;;/p-1. The van der Waals surface area contributed by atoms with Crippen molar-refractivity contribution in [3.8, 4) is 0 Å². The number of carbonyl (C=O) groups is 1. The van der Waals surface area contributed by atoms with E-state index in [-0.39, 0.29) is 93.2 Å². The van der Waals surface area contributed by atoms with Crippen molar-refractivity contribution in [3.05, 3.63) is 0 Å². The molecule has 140 valence electrons. The number of primary amides is 2. The average molecular weight is 489 g/mol. The molecule has 0 aromatic carbocycles. The van der Waals surface area contributed by atoms with Gasteiger partial charge in [-0.1, -0.05) is 0 Å². The van der Waals surface area contributed by atoms with E-state index >= 15 is 0 Å². The maximum Gasteiger partial charge on any atom is 1.00 e. The van der Waals surface area contributed by atoms with Crippen LogP contribution < -0.4 is 75.2 Å². The van der Waals surface area contributed by atoms with Crippen LogP contribution in [0.1, 0.15) is 0 Å². The van der Waals surface area contributed by atoms with Gasteiger partial charge in [0.1, 0.15) is 0 Å². The first-order valence-electron chi connectivity index (χ1n) is 3.25. The Morgan fingerprint density at radius 1 is 1.00 bits per heavy atom. The molecule has 0 rings (SSSR count). The summed E-state index contributed by atoms with van der Waals surface area (Å²) in [6.07, 6.45) is 0. The van der Waals surface area contributed by atoms with E-state index in [1.54, 1.807) is 0 Å². The fourth-order valence-corrected chi connectivity index (χ4v) is 8.35. The van der Waals surface area contributed by atoms with Crippen molar-refractivity contribution in [2.75, 3.05) is 0 Å². The zero-order valence-corrected chi connectivity index (χ0v) is 19.3. The molecule has 0 radical (unpaired) electrons. The van der Waals surface area contributed by atoms with Crippen LogP contribution in [0.5, 0.6) is 0 Å². The molecule has 0 aromatic heterocycles. The maximum atomic E-state index is 9.90. The third-order valence-electron chi connectivity index (χ3n) is 0.225. The van der Waals surface area contributed by atoms with E-state index in [2.05, 4.69) is 11.5 Å². The molecule has 0 aliphatic rings. The summed E-state index contributed by atoms with van der Waals surface area (Å²) in [7, 11) is -13.6. The van der Waals surface area contributed by atoms with Crippen molar-refractivity contribution < 1.29 is 101 Å². The van der Waals surface area contributed by atoms with Gasteiger partial charge in [0.2, 0.25) is 0 Å². The zero-order valence-electron chi connectivity index (χ0n) is 11.2. The average Bonchev–Trinajstić information content (AvgIpc) is 1.92. The van der Waals surface area contributed by atoms with E-state index in [1.807, 2.05) is 0 Å². The van der Waals surface area contributed by atoms with Crippen LogP contribution in [-0.4, -0.2) is 46.7 Å². The van der Waals surface area contributed by atoms with Crippen molar-refractivity contribution in [1.29, 1.82) is 0 Å². The third-order valence-corrected chi connectivity index (χ3v) is 9.07. The SMILES string of the molecule is N.N.NC(N)=O.O=P(O)(O)O.O=S(=O)([O-])SSSS(=O)(=O)O.[K+]. The van der Waals surface area contributed by atoms with Gasteiger partial charge in [-0.15, -0.1) is 0 Å². The largest absolute Gasteiger partial charge is 1.00 e. The van der Waals surface area contributed by atoms with Crippen LogP contribution in [0.15, 0.2) is 0 Å². The Kier molecular flexibility index (Phi) is 32.1. The second-order valence-electron chi connectivity index (χ2n) is 1.96. The number of hydrogen-bond donors (Lipinski definition) is 8. The predicted molar refractivity (Wildman–Crippen MR) is 82.1 cm³/mol. The molecule has 15 nitrogen and oxygen atoms in total. The number of carbonyl (C=O) groups excluding carboxylic acids is 1. The first kappa shape index (κ1) is 39.8. The minimum Gasteiger partial charge on any atom is -0.739 e. The minimum absolute atomic E-state index is 0. The predicted octanol–water partition coefficient (Wildman–Crippen LogP) is -4.30. The quantitative estimate of drug-likeness (QED) is 0.0802. The molecule has 0 saturated heterocycles. The number of nitrogens with two attached hydrogens (primary N) is 2. The molecule has 0 fully saturated rings. The van der Waals surface area contributed by atoms with Crippen molar-refractivity contribution in [2.24, 2.45) is 11.5 Å². The van der Waals surface area contributed by atoms with E-state index in [0.29, 0.717) is 0 Å². The van der Waals surface area contributed by atoms with Crippen LogP contribution in [0.2, 0.25) is 0 Å². The van der Waals surface area contributed by atoms with Crippen molar-refractivity contribution in [3.63, 3.8) is 0 Å². The van der Waals surface area contributed by atoms with Crippen LogP contribution in [-0.2, 0) is 22.9 Å². The summed E-state index contributed by atoms with van der Waals surface area (Å²) >= 11 is 0. The van der Waals surface area contributed by atoms with E-state index in [4.69, 9.17) is 28.6 Å². The number of urea groups is 1. The number of amides is 2. The molecule has 0 unspecified atom stereocenters. The second-order valence-corrected chi connectivity index (χ2v) is 12.4. The molecule has 0 saturated carbocycles. The van der Waals surface area contributed by atoms with Crippen LogP contribution >= 0.6 is 37.3 Å². The topological polar surface area (TPSA) is 328 Å². The van der Waals surface area contributed by atoms with Gasteiger partial charge in [0.15, 0.2) is 9.15 Å². The summed E-state index contributed by atoms with van der Waals surface area (Å²) in [5, 5.41) is 0. The van der Waals surface area contributed by atoms with Gasteiger partial charge in [-0.3, -0.25) is 4.55 Å². The van der Waals surface area contributed by atoms with Crippen LogP contribution in [0.3, 0.4) is 0 Å². The molecule has 0 aromatic rings. The van der Waals surface area contributed by atoms with Crippen molar-refractivity contribution in [2.45, 2.75) is 0 Å². The maximum absolute atomic E-state index is 9.90. The molecule has 0 bridgehead atoms. The van der Waals surface area contributed by atoms with Gasteiger partial charge in [0.05, 0.1) is 9.83 Å². The van der Waals surface area contributed by atoms with Gasteiger partial charge in [-0.25, -0.2) is 17.8 Å². The fraction of sp³-hybridized carbons (Fsp3) is 0.